The van der Waals surface area contributed by atoms with E-state index in [1.807, 2.05) is 33.8 Å². The van der Waals surface area contributed by atoms with Crippen LogP contribution in [0.1, 0.15) is 46.1 Å². The first kappa shape index (κ1) is 21.1. The fraction of sp³-hybridized carbons (Fsp3) is 0.650. The Hall–Kier alpha value is -1.67. The van der Waals surface area contributed by atoms with Gasteiger partial charge < -0.3 is 18.9 Å². The second kappa shape index (κ2) is 7.30. The molecule has 8 heteroatoms. The van der Waals surface area contributed by atoms with Crippen LogP contribution in [0.15, 0.2) is 18.2 Å². The Morgan fingerprint density at radius 1 is 1.21 bits per heavy atom. The van der Waals surface area contributed by atoms with Crippen LogP contribution >= 0.6 is 0 Å². The first-order chi connectivity index (χ1) is 12.9. The molecule has 2 aliphatic heterocycles. The summed E-state index contributed by atoms with van der Waals surface area (Å²) < 4.78 is 44.8. The number of nitrogens with zero attached hydrogens (tertiary/aromatic N) is 1. The first-order valence-electron chi connectivity index (χ1n) is 9.62. The summed E-state index contributed by atoms with van der Waals surface area (Å²) in [7, 11) is 0.955. The number of benzene rings is 1. The maximum absolute atomic E-state index is 13.7. The summed E-state index contributed by atoms with van der Waals surface area (Å²) in [5.41, 5.74) is 0.444. The van der Waals surface area contributed by atoms with Crippen molar-refractivity contribution in [1.82, 2.24) is 4.90 Å². The lowest BCUT2D eigenvalue weighted by Gasteiger charge is -2.32. The Balaban J connectivity index is 1.79. The maximum atomic E-state index is 13.7. The van der Waals surface area contributed by atoms with Gasteiger partial charge >= 0.3 is 7.12 Å². The largest absolute Gasteiger partial charge is 0.496 e. The zero-order chi connectivity index (χ0) is 20.7. The van der Waals surface area contributed by atoms with E-state index in [0.29, 0.717) is 24.3 Å². The number of alkyl halides is 2. The Morgan fingerprint density at radius 2 is 1.86 bits per heavy atom. The molecule has 0 bridgehead atoms. The summed E-state index contributed by atoms with van der Waals surface area (Å²) in [6.45, 7) is 7.71. The van der Waals surface area contributed by atoms with Crippen molar-refractivity contribution < 1.29 is 27.6 Å². The molecule has 1 aromatic carbocycles. The van der Waals surface area contributed by atoms with Gasteiger partial charge in [-0.1, -0.05) is 12.1 Å². The van der Waals surface area contributed by atoms with Crippen LogP contribution in [0.2, 0.25) is 0 Å². The van der Waals surface area contributed by atoms with Gasteiger partial charge in [-0.3, -0.25) is 4.79 Å². The molecule has 0 saturated carbocycles. The quantitative estimate of drug-likeness (QED) is 0.736. The average Bonchev–Trinajstić information content (AvgIpc) is 2.81. The van der Waals surface area contributed by atoms with Gasteiger partial charge in [0, 0.05) is 18.5 Å². The average molecular weight is 395 g/mol. The molecule has 1 aromatic rings. The molecule has 0 aromatic heterocycles. The molecule has 2 heterocycles. The summed E-state index contributed by atoms with van der Waals surface area (Å²) >= 11 is 0. The highest BCUT2D eigenvalue weighted by molar-refractivity contribution is 6.62. The zero-order valence-corrected chi connectivity index (χ0v) is 17.2. The van der Waals surface area contributed by atoms with E-state index in [2.05, 4.69) is 0 Å². The third-order valence-electron chi connectivity index (χ3n) is 5.92. The van der Waals surface area contributed by atoms with Crippen LogP contribution in [0.25, 0.3) is 0 Å². The second-order valence-electron chi connectivity index (χ2n) is 8.61. The maximum Gasteiger partial charge on any atom is 0.494 e. The lowest BCUT2D eigenvalue weighted by Crippen LogP contribution is -2.46. The Morgan fingerprint density at radius 3 is 2.43 bits per heavy atom. The molecule has 28 heavy (non-hydrogen) atoms. The summed E-state index contributed by atoms with van der Waals surface area (Å²) in [6.07, 6.45) is 0.133. The third-order valence-corrected chi connectivity index (χ3v) is 5.92. The number of carbonyl (C=O) groups is 1. The minimum absolute atomic E-state index is 0.00734. The van der Waals surface area contributed by atoms with Crippen LogP contribution in [0, 0.1) is 0 Å². The lowest BCUT2D eigenvalue weighted by molar-refractivity contribution is -0.140. The molecule has 0 aliphatic carbocycles. The van der Waals surface area contributed by atoms with Crippen LogP contribution in [0.3, 0.4) is 0 Å². The molecule has 2 saturated heterocycles. The Bertz CT molecular complexity index is 738. The van der Waals surface area contributed by atoms with Gasteiger partial charge in [0.25, 0.3) is 5.92 Å². The van der Waals surface area contributed by atoms with Gasteiger partial charge in [-0.05, 0) is 45.6 Å². The fourth-order valence-corrected chi connectivity index (χ4v) is 3.52. The minimum Gasteiger partial charge on any atom is -0.496 e. The summed E-state index contributed by atoms with van der Waals surface area (Å²) in [6, 6.07) is 5.40. The Labute approximate surface area is 165 Å². The van der Waals surface area contributed by atoms with Gasteiger partial charge in [-0.2, -0.15) is 0 Å². The number of ether oxygens (including phenoxy) is 1. The molecule has 154 valence electrons. The van der Waals surface area contributed by atoms with Gasteiger partial charge in [0.15, 0.2) is 0 Å². The van der Waals surface area contributed by atoms with Crippen LogP contribution in [0.5, 0.6) is 5.75 Å². The highest BCUT2D eigenvalue weighted by atomic mass is 19.3. The number of piperidine rings is 1. The molecule has 5 nitrogen and oxygen atoms in total. The minimum atomic E-state index is -2.82. The number of methoxy groups -OCH3 is 1. The van der Waals surface area contributed by atoms with E-state index < -0.39 is 30.8 Å². The number of amides is 1. The lowest BCUT2D eigenvalue weighted by atomic mass is 9.78. The highest BCUT2D eigenvalue weighted by Gasteiger charge is 2.51. The molecule has 2 fully saturated rings. The molecule has 2 aliphatic rings. The standard InChI is InChI=1S/C20H28BF2NO4/c1-18(2)19(3,4)28-21(27-18)15-7-8-16(26-5)14(11-15)12-17(25)24-10-6-9-20(22,23)13-24/h7-8,11H,6,9-10,12-13H2,1-5H3. The normalized spacial score (nSPS) is 23.0. The molecule has 0 spiro atoms. The van der Waals surface area contributed by atoms with Gasteiger partial charge in [0.1, 0.15) is 5.75 Å². The predicted octanol–water partition coefficient (Wildman–Crippen LogP) is 2.79. The van der Waals surface area contributed by atoms with E-state index in [0.717, 1.165) is 5.46 Å². The molecule has 0 radical (unpaired) electrons. The number of rotatable bonds is 4. The molecule has 3 rings (SSSR count). The fourth-order valence-electron chi connectivity index (χ4n) is 3.52. The number of hydrogen-bond donors (Lipinski definition) is 0. The zero-order valence-electron chi connectivity index (χ0n) is 17.2. The summed E-state index contributed by atoms with van der Waals surface area (Å²) in [4.78, 5) is 13.9. The van der Waals surface area contributed by atoms with Gasteiger partial charge in [0.05, 0.1) is 31.3 Å². The molecular weight excluding hydrogens is 367 g/mol. The molecule has 0 atom stereocenters. The number of hydrogen-bond acceptors (Lipinski definition) is 4. The Kier molecular flexibility index (Phi) is 5.49. The van der Waals surface area contributed by atoms with Crippen molar-refractivity contribution >= 4 is 18.5 Å². The van der Waals surface area contributed by atoms with E-state index >= 15 is 0 Å². The van der Waals surface area contributed by atoms with E-state index in [1.165, 1.54) is 12.0 Å². The third kappa shape index (κ3) is 4.18. The van der Waals surface area contributed by atoms with Crippen molar-refractivity contribution in [3.63, 3.8) is 0 Å². The summed E-state index contributed by atoms with van der Waals surface area (Å²) in [5.74, 6) is -2.61. The smallest absolute Gasteiger partial charge is 0.494 e. The predicted molar refractivity (Wildman–Crippen MR) is 103 cm³/mol. The van der Waals surface area contributed by atoms with E-state index in [-0.39, 0.29) is 18.7 Å². The SMILES string of the molecule is COc1ccc(B2OC(C)(C)C(C)(C)O2)cc1CC(=O)N1CCCC(F)(F)C1. The van der Waals surface area contributed by atoms with Crippen molar-refractivity contribution in [2.24, 2.45) is 0 Å². The van der Waals surface area contributed by atoms with Crippen molar-refractivity contribution in [1.29, 1.82) is 0 Å². The number of likely N-dealkylation sites (tertiary alicyclic amines) is 1. The van der Waals surface area contributed by atoms with Crippen LogP contribution in [-0.4, -0.2) is 55.2 Å². The van der Waals surface area contributed by atoms with E-state index in [1.54, 1.807) is 12.1 Å². The molecular formula is C20H28BF2NO4. The number of carbonyl (C=O) groups excluding carboxylic acids is 1. The topological polar surface area (TPSA) is 48.0 Å². The van der Waals surface area contributed by atoms with E-state index in [4.69, 9.17) is 14.0 Å². The van der Waals surface area contributed by atoms with Gasteiger partial charge in [-0.15, -0.1) is 0 Å². The second-order valence-corrected chi connectivity index (χ2v) is 8.61. The van der Waals surface area contributed by atoms with Crippen molar-refractivity contribution in [3.8, 4) is 5.75 Å². The van der Waals surface area contributed by atoms with Crippen molar-refractivity contribution in [2.45, 2.75) is 64.1 Å². The van der Waals surface area contributed by atoms with Crippen molar-refractivity contribution in [3.05, 3.63) is 23.8 Å². The van der Waals surface area contributed by atoms with Crippen LogP contribution < -0.4 is 10.2 Å². The first-order valence-corrected chi connectivity index (χ1v) is 9.62. The van der Waals surface area contributed by atoms with Gasteiger partial charge in [0.2, 0.25) is 5.91 Å². The summed E-state index contributed by atoms with van der Waals surface area (Å²) in [5, 5.41) is 0. The van der Waals surface area contributed by atoms with Crippen LogP contribution in [0.4, 0.5) is 8.78 Å². The van der Waals surface area contributed by atoms with Crippen molar-refractivity contribution in [2.75, 3.05) is 20.2 Å². The van der Waals surface area contributed by atoms with Crippen LogP contribution in [-0.2, 0) is 20.5 Å². The monoisotopic (exact) mass is 395 g/mol. The molecule has 1 amide bonds. The number of halogens is 2. The van der Waals surface area contributed by atoms with Gasteiger partial charge in [-0.25, -0.2) is 8.78 Å². The molecule has 0 N–H and O–H groups in total. The van der Waals surface area contributed by atoms with E-state index in [9.17, 15) is 13.6 Å². The molecule has 0 unspecified atom stereocenters. The highest BCUT2D eigenvalue weighted by Crippen LogP contribution is 2.36.